The van der Waals surface area contributed by atoms with E-state index >= 15 is 0 Å². The molecule has 1 N–H and O–H groups in total. The molecule has 0 bridgehead atoms. The van der Waals surface area contributed by atoms with Gasteiger partial charge in [0.2, 0.25) is 0 Å². The van der Waals surface area contributed by atoms with Crippen molar-refractivity contribution in [2.24, 2.45) is 0 Å². The number of nitrogens with zero attached hydrogens (tertiary/aromatic N) is 1. The Morgan fingerprint density at radius 3 is 2.85 bits per heavy atom. The van der Waals surface area contributed by atoms with Crippen LogP contribution >= 0.6 is 11.3 Å². The zero-order valence-corrected chi connectivity index (χ0v) is 12.5. The summed E-state index contributed by atoms with van der Waals surface area (Å²) in [4.78, 5) is 4.69. The van der Waals surface area contributed by atoms with Crippen LogP contribution in [0.1, 0.15) is 24.8 Å². The van der Waals surface area contributed by atoms with Gasteiger partial charge in [0.1, 0.15) is 5.01 Å². The van der Waals surface area contributed by atoms with Gasteiger partial charge in [-0.05, 0) is 19.8 Å². The van der Waals surface area contributed by atoms with Crippen molar-refractivity contribution in [1.82, 2.24) is 10.3 Å². The van der Waals surface area contributed by atoms with Gasteiger partial charge in [0, 0.05) is 30.1 Å². The van der Waals surface area contributed by atoms with Crippen LogP contribution in [0, 0.1) is 0 Å². The first-order valence-electron chi connectivity index (χ1n) is 7.20. The topological polar surface area (TPSA) is 34.1 Å². The molecule has 2 aromatic rings. The lowest BCUT2D eigenvalue weighted by atomic mass is 9.89. The first kappa shape index (κ1) is 13.7. The molecule has 1 aromatic heterocycles. The molecule has 1 aliphatic carbocycles. The molecular weight excluding hydrogens is 268 g/mol. The van der Waals surface area contributed by atoms with Crippen LogP contribution in [0.3, 0.4) is 0 Å². The summed E-state index contributed by atoms with van der Waals surface area (Å²) in [6.07, 6.45) is 2.73. The Morgan fingerprint density at radius 1 is 1.30 bits per heavy atom. The molecule has 0 saturated heterocycles. The molecule has 0 amide bonds. The summed E-state index contributed by atoms with van der Waals surface area (Å²) in [5, 5.41) is 6.85. The maximum atomic E-state index is 5.57. The van der Waals surface area contributed by atoms with E-state index in [0.29, 0.717) is 12.1 Å². The normalized spacial score (nSPS) is 21.6. The summed E-state index contributed by atoms with van der Waals surface area (Å²) in [5.74, 6) is 0. The monoisotopic (exact) mass is 288 g/mol. The molecule has 0 aliphatic heterocycles. The van der Waals surface area contributed by atoms with Gasteiger partial charge in [-0.25, -0.2) is 4.98 Å². The second-order valence-corrected chi connectivity index (χ2v) is 6.06. The summed E-state index contributed by atoms with van der Waals surface area (Å²) < 4.78 is 5.57. The van der Waals surface area contributed by atoms with E-state index in [1.54, 1.807) is 11.3 Å². The van der Waals surface area contributed by atoms with E-state index in [1.807, 2.05) is 6.07 Å². The maximum absolute atomic E-state index is 5.57. The van der Waals surface area contributed by atoms with Crippen LogP contribution in [0.25, 0.3) is 11.3 Å². The van der Waals surface area contributed by atoms with Crippen molar-refractivity contribution in [2.75, 3.05) is 6.61 Å². The average molecular weight is 288 g/mol. The van der Waals surface area contributed by atoms with Crippen molar-refractivity contribution in [3.8, 4) is 11.3 Å². The highest BCUT2D eigenvalue weighted by Gasteiger charge is 2.28. The first-order chi connectivity index (χ1) is 9.85. The molecule has 1 saturated carbocycles. The lowest BCUT2D eigenvalue weighted by Crippen LogP contribution is -2.45. The third kappa shape index (κ3) is 3.26. The summed E-state index contributed by atoms with van der Waals surface area (Å²) in [5.41, 5.74) is 2.27. The quantitative estimate of drug-likeness (QED) is 0.884. The van der Waals surface area contributed by atoms with Crippen LogP contribution < -0.4 is 5.32 Å². The molecule has 1 aromatic carbocycles. The van der Waals surface area contributed by atoms with Crippen molar-refractivity contribution in [3.63, 3.8) is 0 Å². The highest BCUT2D eigenvalue weighted by Crippen LogP contribution is 2.25. The first-order valence-corrected chi connectivity index (χ1v) is 8.08. The number of ether oxygens (including phenoxy) is 1. The highest BCUT2D eigenvalue weighted by molar-refractivity contribution is 7.09. The molecule has 0 spiro atoms. The van der Waals surface area contributed by atoms with E-state index < -0.39 is 0 Å². The Bertz CT molecular complexity index is 534. The number of nitrogens with one attached hydrogen (secondary N) is 1. The van der Waals surface area contributed by atoms with Gasteiger partial charge in [-0.1, -0.05) is 30.3 Å². The Morgan fingerprint density at radius 2 is 2.10 bits per heavy atom. The minimum Gasteiger partial charge on any atom is -0.378 e. The lowest BCUT2D eigenvalue weighted by molar-refractivity contribution is -0.0102. The van der Waals surface area contributed by atoms with Gasteiger partial charge in [-0.2, -0.15) is 0 Å². The van der Waals surface area contributed by atoms with Gasteiger partial charge < -0.3 is 10.1 Å². The van der Waals surface area contributed by atoms with Crippen LogP contribution in [0.2, 0.25) is 0 Å². The molecule has 0 radical (unpaired) electrons. The Hall–Kier alpha value is -1.23. The highest BCUT2D eigenvalue weighted by atomic mass is 32.1. The van der Waals surface area contributed by atoms with Crippen LogP contribution in [0.4, 0.5) is 0 Å². The molecule has 3 rings (SSSR count). The van der Waals surface area contributed by atoms with Crippen molar-refractivity contribution < 1.29 is 4.74 Å². The number of aromatic nitrogens is 1. The predicted octanol–water partition coefficient (Wildman–Crippen LogP) is 3.47. The second-order valence-electron chi connectivity index (χ2n) is 5.12. The molecule has 1 heterocycles. The largest absolute Gasteiger partial charge is 0.378 e. The molecule has 0 unspecified atom stereocenters. The summed E-state index contributed by atoms with van der Waals surface area (Å²) in [6, 6.07) is 10.9. The van der Waals surface area contributed by atoms with Crippen molar-refractivity contribution in [1.29, 1.82) is 0 Å². The minimum atomic E-state index is 0.466. The maximum Gasteiger partial charge on any atom is 0.107 e. The summed E-state index contributed by atoms with van der Waals surface area (Å²) in [6.45, 7) is 3.74. The Kier molecular flexibility index (Phi) is 4.45. The molecule has 20 heavy (non-hydrogen) atoms. The zero-order chi connectivity index (χ0) is 13.8. The van der Waals surface area contributed by atoms with Gasteiger partial charge in [0.15, 0.2) is 0 Å². The molecule has 0 atom stereocenters. The van der Waals surface area contributed by atoms with E-state index in [0.717, 1.165) is 36.7 Å². The molecule has 1 fully saturated rings. The average Bonchev–Trinajstić information content (AvgIpc) is 2.91. The van der Waals surface area contributed by atoms with E-state index in [-0.39, 0.29) is 0 Å². The molecule has 1 aliphatic rings. The molecule has 3 nitrogen and oxygen atoms in total. The SMILES string of the molecule is CCOC1CC(NCc2nc(-c3ccccc3)cs2)C1. The van der Waals surface area contributed by atoms with E-state index in [1.165, 1.54) is 5.56 Å². The Balaban J connectivity index is 1.49. The fourth-order valence-electron chi connectivity index (χ4n) is 2.47. The number of hydrogen-bond acceptors (Lipinski definition) is 4. The van der Waals surface area contributed by atoms with Crippen molar-refractivity contribution >= 4 is 11.3 Å². The lowest BCUT2D eigenvalue weighted by Gasteiger charge is -2.35. The van der Waals surface area contributed by atoms with E-state index in [4.69, 9.17) is 9.72 Å². The van der Waals surface area contributed by atoms with Gasteiger partial charge in [-0.15, -0.1) is 11.3 Å². The van der Waals surface area contributed by atoms with Crippen LogP contribution in [0.5, 0.6) is 0 Å². The van der Waals surface area contributed by atoms with Crippen LogP contribution in [0.15, 0.2) is 35.7 Å². The zero-order valence-electron chi connectivity index (χ0n) is 11.7. The summed E-state index contributed by atoms with van der Waals surface area (Å²) in [7, 11) is 0. The van der Waals surface area contributed by atoms with Gasteiger partial charge in [-0.3, -0.25) is 0 Å². The number of rotatable bonds is 6. The van der Waals surface area contributed by atoms with Gasteiger partial charge in [0.25, 0.3) is 0 Å². The number of thiazole rings is 1. The molecule has 4 heteroatoms. The smallest absolute Gasteiger partial charge is 0.107 e. The minimum absolute atomic E-state index is 0.466. The van der Waals surface area contributed by atoms with Crippen molar-refractivity contribution in [2.45, 2.75) is 38.5 Å². The fraction of sp³-hybridized carbons (Fsp3) is 0.438. The van der Waals surface area contributed by atoms with Crippen LogP contribution in [-0.4, -0.2) is 23.7 Å². The second kappa shape index (κ2) is 6.48. The molecular formula is C16H20N2OS. The van der Waals surface area contributed by atoms with E-state index in [9.17, 15) is 0 Å². The van der Waals surface area contributed by atoms with Gasteiger partial charge >= 0.3 is 0 Å². The van der Waals surface area contributed by atoms with Gasteiger partial charge in [0.05, 0.1) is 11.8 Å². The Labute approximate surface area is 124 Å². The molecule has 106 valence electrons. The number of hydrogen-bond donors (Lipinski definition) is 1. The van der Waals surface area contributed by atoms with E-state index in [2.05, 4.69) is 41.9 Å². The number of benzene rings is 1. The summed E-state index contributed by atoms with van der Waals surface area (Å²) >= 11 is 1.73. The third-order valence-corrected chi connectivity index (χ3v) is 4.51. The standard InChI is InChI=1S/C16H20N2OS/c1-2-19-14-8-13(9-14)17-10-16-18-15(11-20-16)12-6-4-3-5-7-12/h3-7,11,13-14,17H,2,8-10H2,1H3. The predicted molar refractivity (Wildman–Crippen MR) is 82.8 cm³/mol. The van der Waals surface area contributed by atoms with Crippen LogP contribution in [-0.2, 0) is 11.3 Å². The fourth-order valence-corrected chi connectivity index (χ4v) is 3.22. The van der Waals surface area contributed by atoms with Crippen molar-refractivity contribution in [3.05, 3.63) is 40.7 Å². The third-order valence-electron chi connectivity index (χ3n) is 3.66.